The minimum atomic E-state index is -3.79. The molecule has 160 valence electrons. The van der Waals surface area contributed by atoms with Gasteiger partial charge in [-0.2, -0.15) is 9.57 Å². The summed E-state index contributed by atoms with van der Waals surface area (Å²) in [5.74, 6) is -0.0989. The zero-order valence-corrected chi connectivity index (χ0v) is 18.9. The van der Waals surface area contributed by atoms with Gasteiger partial charge < -0.3 is 9.47 Å². The van der Waals surface area contributed by atoms with Crippen LogP contribution in [0.5, 0.6) is 0 Å². The van der Waals surface area contributed by atoms with Crippen LogP contribution in [0.25, 0.3) is 5.00 Å². The molecule has 0 atom stereocenters. The van der Waals surface area contributed by atoms with Gasteiger partial charge in [0.2, 0.25) is 10.0 Å². The van der Waals surface area contributed by atoms with Crippen LogP contribution in [0.2, 0.25) is 0 Å². The highest BCUT2D eigenvalue weighted by Gasteiger charge is 2.32. The van der Waals surface area contributed by atoms with Crippen molar-refractivity contribution in [1.29, 1.82) is 5.26 Å². The van der Waals surface area contributed by atoms with Crippen LogP contribution in [-0.4, -0.2) is 54.3 Å². The number of rotatable bonds is 4. The number of piperazine rings is 1. The van der Waals surface area contributed by atoms with Crippen LogP contribution >= 0.6 is 11.3 Å². The highest BCUT2D eigenvalue weighted by molar-refractivity contribution is 7.89. The van der Waals surface area contributed by atoms with Crippen LogP contribution in [0, 0.1) is 25.2 Å². The lowest BCUT2D eigenvalue weighted by Crippen LogP contribution is -2.50. The molecule has 1 aromatic carbocycles. The van der Waals surface area contributed by atoms with Crippen molar-refractivity contribution in [1.82, 2.24) is 13.8 Å². The Morgan fingerprint density at radius 3 is 2.29 bits per heavy atom. The van der Waals surface area contributed by atoms with Crippen LogP contribution in [0.4, 0.5) is 0 Å². The third kappa shape index (κ3) is 3.78. The van der Waals surface area contributed by atoms with Crippen molar-refractivity contribution in [3.63, 3.8) is 0 Å². The van der Waals surface area contributed by atoms with Gasteiger partial charge in [-0.3, -0.25) is 4.79 Å². The maximum atomic E-state index is 13.2. The summed E-state index contributed by atoms with van der Waals surface area (Å²) in [5.41, 5.74) is 2.86. The number of hydrogen-bond acceptors (Lipinski definition) is 5. The molecule has 1 fully saturated rings. The van der Waals surface area contributed by atoms with E-state index < -0.39 is 10.0 Å². The predicted molar refractivity (Wildman–Crippen MR) is 119 cm³/mol. The van der Waals surface area contributed by atoms with Gasteiger partial charge in [0.15, 0.2) is 0 Å². The third-order valence-corrected chi connectivity index (χ3v) is 8.36. The lowest BCUT2D eigenvalue weighted by Gasteiger charge is -2.34. The first-order chi connectivity index (χ1) is 14.8. The molecule has 1 saturated heterocycles. The number of hydrogen-bond donors (Lipinski definition) is 0. The molecule has 2 aromatic heterocycles. The summed E-state index contributed by atoms with van der Waals surface area (Å²) in [6, 6.07) is 14.0. The summed E-state index contributed by atoms with van der Waals surface area (Å²) in [5, 5.41) is 12.0. The number of carbonyl (C=O) groups is 1. The number of carbonyl (C=O) groups excluding carboxylic acids is 1. The fourth-order valence-electron chi connectivity index (χ4n) is 3.85. The van der Waals surface area contributed by atoms with Crippen LogP contribution < -0.4 is 0 Å². The average Bonchev–Trinajstić information content (AvgIpc) is 3.39. The fourth-order valence-corrected chi connectivity index (χ4v) is 6.42. The Morgan fingerprint density at radius 1 is 1.00 bits per heavy atom. The Balaban J connectivity index is 1.52. The van der Waals surface area contributed by atoms with Crippen molar-refractivity contribution in [2.24, 2.45) is 0 Å². The maximum absolute atomic E-state index is 13.2. The first-order valence-corrected chi connectivity index (χ1v) is 12.2. The molecule has 0 bridgehead atoms. The van der Waals surface area contributed by atoms with Crippen LogP contribution in [-0.2, 0) is 10.0 Å². The summed E-state index contributed by atoms with van der Waals surface area (Å²) in [6.07, 6.45) is 0. The monoisotopic (exact) mass is 454 g/mol. The van der Waals surface area contributed by atoms with E-state index in [2.05, 4.69) is 4.57 Å². The molecule has 0 radical (unpaired) electrons. The zero-order chi connectivity index (χ0) is 22.2. The van der Waals surface area contributed by atoms with Gasteiger partial charge in [0.05, 0.1) is 16.0 Å². The van der Waals surface area contributed by atoms with Gasteiger partial charge in [0, 0.05) is 37.6 Å². The molecule has 1 aliphatic rings. The van der Waals surface area contributed by atoms with E-state index in [0.29, 0.717) is 18.7 Å². The minimum Gasteiger partial charge on any atom is -0.336 e. The molecule has 0 aliphatic carbocycles. The molecule has 4 rings (SSSR count). The summed E-state index contributed by atoms with van der Waals surface area (Å²) < 4.78 is 29.5. The second kappa shape index (κ2) is 8.30. The van der Waals surface area contributed by atoms with E-state index in [4.69, 9.17) is 0 Å². The van der Waals surface area contributed by atoms with Crippen molar-refractivity contribution in [2.45, 2.75) is 18.7 Å². The van der Waals surface area contributed by atoms with Gasteiger partial charge in [0.1, 0.15) is 11.1 Å². The molecule has 1 amide bonds. The van der Waals surface area contributed by atoms with Crippen molar-refractivity contribution in [2.75, 3.05) is 26.2 Å². The number of aromatic nitrogens is 1. The highest BCUT2D eigenvalue weighted by Crippen LogP contribution is 2.28. The molecule has 3 aromatic rings. The van der Waals surface area contributed by atoms with Gasteiger partial charge in [-0.25, -0.2) is 8.42 Å². The van der Waals surface area contributed by atoms with Gasteiger partial charge in [-0.1, -0.05) is 12.1 Å². The topological polar surface area (TPSA) is 86.4 Å². The fraction of sp³-hybridized carbons (Fsp3) is 0.273. The molecular formula is C22H22N4O3S2. The lowest BCUT2D eigenvalue weighted by molar-refractivity contribution is 0.0698. The van der Waals surface area contributed by atoms with E-state index >= 15 is 0 Å². The summed E-state index contributed by atoms with van der Waals surface area (Å²) >= 11 is 1.51. The number of aryl methyl sites for hydroxylation is 2. The molecule has 3 heterocycles. The summed E-state index contributed by atoms with van der Waals surface area (Å²) in [4.78, 5) is 14.9. The molecule has 9 heteroatoms. The predicted octanol–water partition coefficient (Wildman–Crippen LogP) is 3.17. The van der Waals surface area contributed by atoms with E-state index in [1.165, 1.54) is 27.8 Å². The average molecular weight is 455 g/mol. The smallest absolute Gasteiger partial charge is 0.256 e. The Morgan fingerprint density at radius 2 is 1.65 bits per heavy atom. The van der Waals surface area contributed by atoms with E-state index in [-0.39, 0.29) is 29.5 Å². The maximum Gasteiger partial charge on any atom is 0.256 e. The largest absolute Gasteiger partial charge is 0.336 e. The van der Waals surface area contributed by atoms with Gasteiger partial charge in [-0.05, 0) is 49.6 Å². The van der Waals surface area contributed by atoms with E-state index in [0.717, 1.165) is 16.4 Å². The standard InChI is InChI=1S/C22H22N4O3S2/c1-16-7-8-17(2)26(16)22-19(9-14-30-22)21(27)24-10-12-25(13-11-24)31(28,29)20-6-4-3-5-18(20)15-23/h3-9,14H,10-13H2,1-2H3. The van der Waals surface area contributed by atoms with E-state index in [9.17, 15) is 18.5 Å². The SMILES string of the molecule is Cc1ccc(C)n1-c1sccc1C(=O)N1CCN(S(=O)(=O)c2ccccc2C#N)CC1. The van der Waals surface area contributed by atoms with E-state index in [1.54, 1.807) is 17.0 Å². The molecule has 1 aliphatic heterocycles. The van der Waals surface area contributed by atoms with Gasteiger partial charge in [-0.15, -0.1) is 11.3 Å². The molecule has 7 nitrogen and oxygen atoms in total. The van der Waals surface area contributed by atoms with Gasteiger partial charge >= 0.3 is 0 Å². The number of thiophene rings is 1. The molecule has 0 saturated carbocycles. The Kier molecular flexibility index (Phi) is 5.71. The Bertz CT molecular complexity index is 1260. The number of amides is 1. The molecule has 0 N–H and O–H groups in total. The zero-order valence-electron chi connectivity index (χ0n) is 17.3. The first kappa shape index (κ1) is 21.3. The van der Waals surface area contributed by atoms with E-state index in [1.807, 2.05) is 43.5 Å². The first-order valence-electron chi connectivity index (χ1n) is 9.86. The Labute approximate surface area is 185 Å². The quantitative estimate of drug-likeness (QED) is 0.606. The minimum absolute atomic E-state index is 0.0101. The van der Waals surface area contributed by atoms with Crippen molar-refractivity contribution in [3.8, 4) is 11.1 Å². The number of sulfonamides is 1. The highest BCUT2D eigenvalue weighted by atomic mass is 32.2. The van der Waals surface area contributed by atoms with Crippen LogP contribution in [0.1, 0.15) is 27.3 Å². The molecule has 0 spiro atoms. The third-order valence-electron chi connectivity index (χ3n) is 5.50. The van der Waals surface area contributed by atoms with Crippen molar-refractivity contribution >= 4 is 27.3 Å². The second-order valence-corrected chi connectivity index (χ2v) is 10.2. The van der Waals surface area contributed by atoms with Crippen molar-refractivity contribution in [3.05, 3.63) is 70.4 Å². The normalized spacial score (nSPS) is 15.1. The molecule has 31 heavy (non-hydrogen) atoms. The van der Waals surface area contributed by atoms with Crippen LogP contribution in [0.3, 0.4) is 0 Å². The molecule has 0 unspecified atom stereocenters. The lowest BCUT2D eigenvalue weighted by atomic mass is 10.2. The Hall–Kier alpha value is -2.93. The number of benzene rings is 1. The number of nitriles is 1. The van der Waals surface area contributed by atoms with Gasteiger partial charge in [0.25, 0.3) is 5.91 Å². The second-order valence-electron chi connectivity index (χ2n) is 7.40. The van der Waals surface area contributed by atoms with Crippen LogP contribution in [0.15, 0.2) is 52.7 Å². The summed E-state index contributed by atoms with van der Waals surface area (Å²) in [7, 11) is -3.79. The van der Waals surface area contributed by atoms with Crippen molar-refractivity contribution < 1.29 is 13.2 Å². The molecular weight excluding hydrogens is 432 g/mol. The summed E-state index contributed by atoms with van der Waals surface area (Å²) in [6.45, 7) is 4.98. The number of nitrogens with zero attached hydrogens (tertiary/aromatic N) is 4.